The maximum Gasteiger partial charge on any atom is 0.264 e. The predicted octanol–water partition coefficient (Wildman–Crippen LogP) is 4.57. The fourth-order valence-electron chi connectivity index (χ4n) is 4.34. The van der Waals surface area contributed by atoms with Crippen molar-refractivity contribution in [2.24, 2.45) is 0 Å². The van der Waals surface area contributed by atoms with Gasteiger partial charge in [-0.1, -0.05) is 38.5 Å². The van der Waals surface area contributed by atoms with Gasteiger partial charge in [-0.25, -0.2) is 8.42 Å². The van der Waals surface area contributed by atoms with Crippen LogP contribution in [0.1, 0.15) is 52.0 Å². The van der Waals surface area contributed by atoms with Gasteiger partial charge < -0.3 is 14.8 Å². The molecule has 8 heteroatoms. The van der Waals surface area contributed by atoms with Gasteiger partial charge in [0.2, 0.25) is 0 Å². The molecule has 0 aromatic heterocycles. The van der Waals surface area contributed by atoms with Gasteiger partial charge in [0.1, 0.15) is 11.5 Å². The van der Waals surface area contributed by atoms with Gasteiger partial charge in [0.25, 0.3) is 15.9 Å². The number of carbonyl (C=O) groups is 1. The minimum Gasteiger partial charge on any atom is -0.497 e. The number of carbonyl (C=O) groups excluding carboxylic acids is 1. The molecule has 1 N–H and O–H groups in total. The zero-order chi connectivity index (χ0) is 25.2. The third-order valence-electron chi connectivity index (χ3n) is 6.51. The van der Waals surface area contributed by atoms with Crippen molar-refractivity contribution in [2.75, 3.05) is 24.5 Å². The Labute approximate surface area is 208 Å². The van der Waals surface area contributed by atoms with E-state index in [9.17, 15) is 13.2 Å². The van der Waals surface area contributed by atoms with Gasteiger partial charge >= 0.3 is 0 Å². The molecule has 2 aromatic carbocycles. The predicted molar refractivity (Wildman–Crippen MR) is 137 cm³/mol. The summed E-state index contributed by atoms with van der Waals surface area (Å²) in [6.07, 6.45) is 5.52. The smallest absolute Gasteiger partial charge is 0.264 e. The van der Waals surface area contributed by atoms with Crippen LogP contribution in [0, 0.1) is 0 Å². The molecule has 0 saturated carbocycles. The van der Waals surface area contributed by atoms with Gasteiger partial charge in [-0.15, -0.1) is 0 Å². The standard InChI is InChI=1S/C27H34N2O5S/c1-27(2,3)20-10-15-24-23(16-20)29(35(31,32)22-13-11-21(33-4)12-14-22)18-25(34-24)26(30)28-17-19-8-6-5-7-9-19/h8,10-16,25H,5-7,9,17-18H2,1-4H3,(H,28,30). The number of rotatable bonds is 6. The highest BCUT2D eigenvalue weighted by molar-refractivity contribution is 7.92. The van der Waals surface area contributed by atoms with Crippen molar-refractivity contribution in [1.29, 1.82) is 0 Å². The third kappa shape index (κ3) is 5.48. The first kappa shape index (κ1) is 25.1. The molecule has 35 heavy (non-hydrogen) atoms. The maximum absolute atomic E-state index is 13.8. The summed E-state index contributed by atoms with van der Waals surface area (Å²) < 4.78 is 40.1. The number of anilines is 1. The van der Waals surface area contributed by atoms with Crippen molar-refractivity contribution in [1.82, 2.24) is 5.32 Å². The number of methoxy groups -OCH3 is 1. The molecule has 4 rings (SSSR count). The first-order valence-electron chi connectivity index (χ1n) is 12.0. The van der Waals surface area contributed by atoms with Gasteiger partial charge in [-0.2, -0.15) is 0 Å². The highest BCUT2D eigenvalue weighted by Crippen LogP contribution is 2.40. The Morgan fingerprint density at radius 2 is 1.89 bits per heavy atom. The van der Waals surface area contributed by atoms with Crippen LogP contribution < -0.4 is 19.1 Å². The van der Waals surface area contributed by atoms with E-state index in [2.05, 4.69) is 32.2 Å². The number of amides is 1. The summed E-state index contributed by atoms with van der Waals surface area (Å²) in [6.45, 7) is 6.55. The zero-order valence-corrected chi connectivity index (χ0v) is 21.7. The molecule has 7 nitrogen and oxygen atoms in total. The number of nitrogens with zero attached hydrogens (tertiary/aromatic N) is 1. The Bertz CT molecular complexity index is 1210. The number of ether oxygens (including phenoxy) is 2. The Kier molecular flexibility index (Phi) is 7.12. The van der Waals surface area contributed by atoms with Crippen LogP contribution in [-0.4, -0.2) is 40.6 Å². The summed E-state index contributed by atoms with van der Waals surface area (Å²) in [5, 5.41) is 2.95. The monoisotopic (exact) mass is 498 g/mol. The third-order valence-corrected chi connectivity index (χ3v) is 8.30. The highest BCUT2D eigenvalue weighted by atomic mass is 32.2. The molecule has 0 spiro atoms. The van der Waals surface area contributed by atoms with E-state index >= 15 is 0 Å². The van der Waals surface area contributed by atoms with Crippen LogP contribution in [0.4, 0.5) is 5.69 Å². The summed E-state index contributed by atoms with van der Waals surface area (Å²) >= 11 is 0. The Balaban J connectivity index is 1.67. The number of fused-ring (bicyclic) bond motifs is 1. The first-order valence-corrected chi connectivity index (χ1v) is 13.5. The Morgan fingerprint density at radius 1 is 1.14 bits per heavy atom. The molecular formula is C27H34N2O5S. The zero-order valence-electron chi connectivity index (χ0n) is 20.8. The molecular weight excluding hydrogens is 464 g/mol. The number of hydrogen-bond acceptors (Lipinski definition) is 5. The van der Waals surface area contributed by atoms with E-state index in [4.69, 9.17) is 9.47 Å². The molecule has 0 fully saturated rings. The topological polar surface area (TPSA) is 84.9 Å². The summed E-state index contributed by atoms with van der Waals surface area (Å²) in [4.78, 5) is 13.2. The largest absolute Gasteiger partial charge is 0.497 e. The first-order chi connectivity index (χ1) is 16.6. The lowest BCUT2D eigenvalue weighted by atomic mass is 9.86. The van der Waals surface area contributed by atoms with Crippen molar-refractivity contribution in [3.05, 3.63) is 59.7 Å². The van der Waals surface area contributed by atoms with Gasteiger partial charge in [-0.05, 0) is 73.1 Å². The average molecular weight is 499 g/mol. The summed E-state index contributed by atoms with van der Waals surface area (Å²) in [5.41, 5.74) is 2.43. The second-order valence-corrected chi connectivity index (χ2v) is 11.9. The van der Waals surface area contributed by atoms with Crippen molar-refractivity contribution in [3.63, 3.8) is 0 Å². The maximum atomic E-state index is 13.8. The lowest BCUT2D eigenvalue weighted by Crippen LogP contribution is -2.51. The lowest BCUT2D eigenvalue weighted by Gasteiger charge is -2.36. The van der Waals surface area contributed by atoms with Crippen LogP contribution in [0.3, 0.4) is 0 Å². The van der Waals surface area contributed by atoms with Crippen LogP contribution in [0.5, 0.6) is 11.5 Å². The summed E-state index contributed by atoms with van der Waals surface area (Å²) in [7, 11) is -2.43. The van der Waals surface area contributed by atoms with E-state index in [-0.39, 0.29) is 22.8 Å². The number of benzene rings is 2. The van der Waals surface area contributed by atoms with Crippen molar-refractivity contribution in [3.8, 4) is 11.5 Å². The number of allylic oxidation sites excluding steroid dienone is 1. The molecule has 2 aliphatic rings. The fourth-order valence-corrected chi connectivity index (χ4v) is 5.80. The van der Waals surface area contributed by atoms with Crippen LogP contribution in [0.2, 0.25) is 0 Å². The van der Waals surface area contributed by atoms with Gasteiger partial charge in [0.15, 0.2) is 6.10 Å². The molecule has 1 atom stereocenters. The van der Waals surface area contributed by atoms with Crippen molar-refractivity contribution < 1.29 is 22.7 Å². The second-order valence-electron chi connectivity index (χ2n) is 10.1. The number of sulfonamides is 1. The quantitative estimate of drug-likeness (QED) is 0.590. The SMILES string of the molecule is COc1ccc(S(=O)(=O)N2CC(C(=O)NCC3=CCCCC3)Oc3ccc(C(C)(C)C)cc32)cc1. The fraction of sp³-hybridized carbons (Fsp3) is 0.444. The molecule has 2 aromatic rings. The van der Waals surface area contributed by atoms with E-state index in [0.29, 0.717) is 23.7 Å². The van der Waals surface area contributed by atoms with Crippen LogP contribution in [0.25, 0.3) is 0 Å². The van der Waals surface area contributed by atoms with Crippen molar-refractivity contribution >= 4 is 21.6 Å². The molecule has 0 saturated heterocycles. The second kappa shape index (κ2) is 9.93. The van der Waals surface area contributed by atoms with Gasteiger partial charge in [0, 0.05) is 6.54 Å². The molecule has 0 radical (unpaired) electrons. The van der Waals surface area contributed by atoms with Crippen molar-refractivity contribution in [2.45, 2.75) is 62.9 Å². The normalized spacial score (nSPS) is 18.2. The number of hydrogen-bond donors (Lipinski definition) is 1. The molecule has 1 amide bonds. The van der Waals surface area contributed by atoms with Crippen LogP contribution >= 0.6 is 0 Å². The van der Waals surface area contributed by atoms with Crippen LogP contribution in [0.15, 0.2) is 59.0 Å². The molecule has 188 valence electrons. The molecule has 1 heterocycles. The van der Waals surface area contributed by atoms with E-state index in [1.54, 1.807) is 18.2 Å². The Hall–Kier alpha value is -3.00. The molecule has 1 aliphatic heterocycles. The molecule has 1 aliphatic carbocycles. The van der Waals surface area contributed by atoms with Gasteiger partial charge in [-0.3, -0.25) is 9.10 Å². The minimum absolute atomic E-state index is 0.111. The van der Waals surface area contributed by atoms with Gasteiger partial charge in [0.05, 0.1) is 24.2 Å². The molecule has 1 unspecified atom stereocenters. The van der Waals surface area contributed by atoms with Crippen LogP contribution in [-0.2, 0) is 20.2 Å². The summed E-state index contributed by atoms with van der Waals surface area (Å²) in [5.74, 6) is 0.617. The van der Waals surface area contributed by atoms with E-state index < -0.39 is 16.1 Å². The number of nitrogens with one attached hydrogen (secondary N) is 1. The summed E-state index contributed by atoms with van der Waals surface area (Å²) in [6, 6.07) is 11.8. The Morgan fingerprint density at radius 3 is 2.51 bits per heavy atom. The van der Waals surface area contributed by atoms with E-state index in [1.807, 2.05) is 12.1 Å². The minimum atomic E-state index is -3.96. The molecule has 0 bridgehead atoms. The lowest BCUT2D eigenvalue weighted by molar-refractivity contribution is -0.127. The van der Waals surface area contributed by atoms with E-state index in [1.165, 1.54) is 35.5 Å². The highest BCUT2D eigenvalue weighted by Gasteiger charge is 2.38. The average Bonchev–Trinajstić information content (AvgIpc) is 2.86. The van der Waals surface area contributed by atoms with E-state index in [0.717, 1.165) is 24.8 Å².